The Morgan fingerprint density at radius 2 is 1.83 bits per heavy atom. The van der Waals surface area contributed by atoms with Crippen LogP contribution < -0.4 is 5.32 Å². The SMILES string of the molecule is CC[C@@]1(c2ccccc2)C2=C(CC(C)(C)CC2=O)Nc2ncc(C(F)(F)F)cc21. The van der Waals surface area contributed by atoms with Gasteiger partial charge in [-0.25, -0.2) is 4.98 Å². The molecule has 2 aliphatic rings. The van der Waals surface area contributed by atoms with Gasteiger partial charge in [-0.3, -0.25) is 4.79 Å². The van der Waals surface area contributed by atoms with E-state index in [1.807, 2.05) is 51.1 Å². The molecule has 0 saturated carbocycles. The lowest BCUT2D eigenvalue weighted by atomic mass is 9.59. The zero-order chi connectivity index (χ0) is 21.0. The zero-order valence-corrected chi connectivity index (χ0v) is 16.7. The maximum atomic E-state index is 13.5. The summed E-state index contributed by atoms with van der Waals surface area (Å²) < 4.78 is 40.5. The van der Waals surface area contributed by atoms with Crippen LogP contribution in [0.15, 0.2) is 53.9 Å². The number of ketones is 1. The first-order chi connectivity index (χ1) is 13.6. The third-order valence-corrected chi connectivity index (χ3v) is 6.04. The number of anilines is 1. The minimum atomic E-state index is -4.51. The number of rotatable bonds is 2. The summed E-state index contributed by atoms with van der Waals surface area (Å²) in [5.41, 5.74) is 0.594. The summed E-state index contributed by atoms with van der Waals surface area (Å²) in [6.45, 7) is 5.98. The third-order valence-electron chi connectivity index (χ3n) is 6.04. The van der Waals surface area contributed by atoms with Crippen LogP contribution >= 0.6 is 0 Å². The van der Waals surface area contributed by atoms with Crippen LogP contribution in [-0.4, -0.2) is 10.8 Å². The van der Waals surface area contributed by atoms with Crippen LogP contribution in [0.4, 0.5) is 19.0 Å². The number of alkyl halides is 3. The Kier molecular flexibility index (Phi) is 4.37. The molecule has 1 aliphatic heterocycles. The van der Waals surface area contributed by atoms with E-state index in [0.29, 0.717) is 36.2 Å². The van der Waals surface area contributed by atoms with Gasteiger partial charge in [0.25, 0.3) is 0 Å². The van der Waals surface area contributed by atoms with Crippen molar-refractivity contribution in [2.75, 3.05) is 5.32 Å². The number of hydrogen-bond donors (Lipinski definition) is 1. The molecule has 0 amide bonds. The number of hydrogen-bond acceptors (Lipinski definition) is 3. The smallest absolute Gasteiger partial charge is 0.343 e. The molecule has 6 heteroatoms. The van der Waals surface area contributed by atoms with Crippen LogP contribution in [0.25, 0.3) is 0 Å². The van der Waals surface area contributed by atoms with Crippen LogP contribution in [0.2, 0.25) is 0 Å². The van der Waals surface area contributed by atoms with Gasteiger partial charge in [-0.1, -0.05) is 51.1 Å². The van der Waals surface area contributed by atoms with E-state index < -0.39 is 17.2 Å². The summed E-state index contributed by atoms with van der Waals surface area (Å²) >= 11 is 0. The van der Waals surface area contributed by atoms with E-state index in [4.69, 9.17) is 0 Å². The van der Waals surface area contributed by atoms with E-state index in [-0.39, 0.29) is 11.2 Å². The highest BCUT2D eigenvalue weighted by atomic mass is 19.4. The Morgan fingerprint density at radius 3 is 2.45 bits per heavy atom. The molecule has 29 heavy (non-hydrogen) atoms. The Bertz CT molecular complexity index is 1010. The highest BCUT2D eigenvalue weighted by Gasteiger charge is 2.50. The van der Waals surface area contributed by atoms with Gasteiger partial charge < -0.3 is 5.32 Å². The lowest BCUT2D eigenvalue weighted by Gasteiger charge is -2.46. The summed E-state index contributed by atoms with van der Waals surface area (Å²) in [7, 11) is 0. The highest BCUT2D eigenvalue weighted by Crippen LogP contribution is 2.54. The number of Topliss-reactive ketones (excluding diaryl/α,β-unsaturated/α-hetero) is 1. The minimum Gasteiger partial charge on any atom is -0.343 e. The maximum Gasteiger partial charge on any atom is 0.417 e. The fourth-order valence-electron chi connectivity index (χ4n) is 4.84. The first-order valence-corrected chi connectivity index (χ1v) is 9.75. The average Bonchev–Trinajstić information content (AvgIpc) is 2.65. The molecular weight excluding hydrogens is 377 g/mol. The minimum absolute atomic E-state index is 0.0162. The molecule has 1 atom stereocenters. The number of nitrogens with one attached hydrogen (secondary N) is 1. The number of fused-ring (bicyclic) bond motifs is 1. The van der Waals surface area contributed by atoms with Crippen molar-refractivity contribution in [1.82, 2.24) is 4.98 Å². The van der Waals surface area contributed by atoms with Crippen molar-refractivity contribution >= 4 is 11.6 Å². The van der Waals surface area contributed by atoms with Gasteiger partial charge in [0.05, 0.1) is 11.0 Å². The molecule has 2 aromatic rings. The number of carbonyl (C=O) groups is 1. The van der Waals surface area contributed by atoms with E-state index in [0.717, 1.165) is 23.5 Å². The van der Waals surface area contributed by atoms with Crippen molar-refractivity contribution in [3.63, 3.8) is 0 Å². The summed E-state index contributed by atoms with van der Waals surface area (Å²) in [6, 6.07) is 10.5. The summed E-state index contributed by atoms with van der Waals surface area (Å²) in [6.07, 6.45) is -2.18. The summed E-state index contributed by atoms with van der Waals surface area (Å²) in [4.78, 5) is 17.5. The van der Waals surface area contributed by atoms with Crippen LogP contribution in [0.3, 0.4) is 0 Å². The summed E-state index contributed by atoms with van der Waals surface area (Å²) in [5.74, 6) is 0.380. The van der Waals surface area contributed by atoms with Gasteiger partial charge in [0.15, 0.2) is 5.78 Å². The Labute approximate surface area is 168 Å². The quantitative estimate of drug-likeness (QED) is 0.686. The lowest BCUT2D eigenvalue weighted by Crippen LogP contribution is -2.44. The average molecular weight is 400 g/mol. The number of benzene rings is 1. The molecular formula is C23H23F3N2O. The van der Waals surface area contributed by atoms with Crippen molar-refractivity contribution in [1.29, 1.82) is 0 Å². The standard InChI is InChI=1S/C23H23F3N2O/c1-4-22(14-8-6-5-7-9-14)16-10-15(23(24,25)26)13-27-20(16)28-17-11-21(2,3)12-18(29)19(17)22/h5-10,13H,4,11-12H2,1-3H3,(H,27,28)/t22-/m0/s1. The molecule has 0 fully saturated rings. The van der Waals surface area contributed by atoms with Crippen LogP contribution in [0.5, 0.6) is 0 Å². The van der Waals surface area contributed by atoms with Crippen molar-refractivity contribution in [3.8, 4) is 0 Å². The molecule has 2 heterocycles. The number of aromatic nitrogens is 1. The molecule has 152 valence electrons. The second-order valence-corrected chi connectivity index (χ2v) is 8.66. The number of allylic oxidation sites excluding steroid dienone is 2. The largest absolute Gasteiger partial charge is 0.417 e. The van der Waals surface area contributed by atoms with E-state index >= 15 is 0 Å². The molecule has 1 aromatic heterocycles. The Hall–Kier alpha value is -2.63. The normalized spacial score (nSPS) is 23.3. The van der Waals surface area contributed by atoms with Gasteiger partial charge in [-0.2, -0.15) is 13.2 Å². The highest BCUT2D eigenvalue weighted by molar-refractivity contribution is 6.03. The third kappa shape index (κ3) is 3.05. The predicted molar refractivity (Wildman–Crippen MR) is 105 cm³/mol. The second kappa shape index (κ2) is 6.44. The van der Waals surface area contributed by atoms with E-state index in [1.165, 1.54) is 0 Å². The summed E-state index contributed by atoms with van der Waals surface area (Å²) in [5, 5.41) is 3.20. The van der Waals surface area contributed by atoms with Crippen LogP contribution in [0.1, 0.15) is 56.7 Å². The van der Waals surface area contributed by atoms with Gasteiger partial charge in [-0.15, -0.1) is 0 Å². The molecule has 3 nitrogen and oxygen atoms in total. The Morgan fingerprint density at radius 1 is 1.14 bits per heavy atom. The molecule has 1 aromatic carbocycles. The molecule has 0 unspecified atom stereocenters. The fourth-order valence-corrected chi connectivity index (χ4v) is 4.84. The molecule has 4 rings (SSSR count). The van der Waals surface area contributed by atoms with Gasteiger partial charge >= 0.3 is 6.18 Å². The van der Waals surface area contributed by atoms with Crippen molar-refractivity contribution in [3.05, 3.63) is 70.6 Å². The van der Waals surface area contributed by atoms with Crippen LogP contribution in [0, 0.1) is 5.41 Å². The molecule has 1 aliphatic carbocycles. The number of carbonyl (C=O) groups excluding carboxylic acids is 1. The number of halogens is 3. The zero-order valence-electron chi connectivity index (χ0n) is 16.7. The van der Waals surface area contributed by atoms with Gasteiger partial charge in [0, 0.05) is 29.5 Å². The fraction of sp³-hybridized carbons (Fsp3) is 0.391. The molecule has 0 saturated heterocycles. The van der Waals surface area contributed by atoms with E-state index in [9.17, 15) is 18.0 Å². The first-order valence-electron chi connectivity index (χ1n) is 9.75. The molecule has 0 bridgehead atoms. The molecule has 0 radical (unpaired) electrons. The Balaban J connectivity index is 2.06. The van der Waals surface area contributed by atoms with Crippen molar-refractivity contribution in [2.45, 2.75) is 51.6 Å². The predicted octanol–water partition coefficient (Wildman–Crippen LogP) is 5.87. The first kappa shape index (κ1) is 19.7. The molecule has 0 spiro atoms. The topological polar surface area (TPSA) is 42.0 Å². The maximum absolute atomic E-state index is 13.5. The van der Waals surface area contributed by atoms with Crippen LogP contribution in [-0.2, 0) is 16.4 Å². The van der Waals surface area contributed by atoms with E-state index in [2.05, 4.69) is 10.3 Å². The second-order valence-electron chi connectivity index (χ2n) is 8.66. The molecule has 1 N–H and O–H groups in total. The monoisotopic (exact) mass is 400 g/mol. The van der Waals surface area contributed by atoms with Crippen molar-refractivity contribution in [2.24, 2.45) is 5.41 Å². The number of pyridine rings is 1. The van der Waals surface area contributed by atoms with Gasteiger partial charge in [-0.05, 0) is 29.9 Å². The number of nitrogens with zero attached hydrogens (tertiary/aromatic N) is 1. The van der Waals surface area contributed by atoms with Gasteiger partial charge in [0.2, 0.25) is 0 Å². The van der Waals surface area contributed by atoms with Gasteiger partial charge in [0.1, 0.15) is 5.82 Å². The van der Waals surface area contributed by atoms with Crippen molar-refractivity contribution < 1.29 is 18.0 Å². The van der Waals surface area contributed by atoms with E-state index in [1.54, 1.807) is 0 Å². The lowest BCUT2D eigenvalue weighted by molar-refractivity contribution is -0.137.